The molecule has 1 radical (unpaired) electrons. The van der Waals surface area contributed by atoms with Gasteiger partial charge in [-0.15, -0.1) is 0 Å². The second kappa shape index (κ2) is 5.18. The van der Waals surface area contributed by atoms with Crippen LogP contribution < -0.4 is 5.19 Å². The molecular weight excluding hydrogens is 208 g/mol. The van der Waals surface area contributed by atoms with Crippen molar-refractivity contribution < 1.29 is 0 Å². The topological polar surface area (TPSA) is 0 Å². The van der Waals surface area contributed by atoms with Crippen molar-refractivity contribution >= 4 is 13.3 Å². The summed E-state index contributed by atoms with van der Waals surface area (Å²) in [7, 11) is -1.42. The summed E-state index contributed by atoms with van der Waals surface area (Å²) in [4.78, 5) is 0. The molecule has 0 aliphatic heterocycles. The molecular formula is C15H25Si. The van der Waals surface area contributed by atoms with Crippen molar-refractivity contribution in [1.82, 2.24) is 0 Å². The molecule has 0 bridgehead atoms. The van der Waals surface area contributed by atoms with Crippen molar-refractivity contribution in [3.05, 3.63) is 30.3 Å². The molecule has 0 saturated heterocycles. The first-order valence-electron chi connectivity index (χ1n) is 6.40. The largest absolute Gasteiger partial charge is 0.0942 e. The van der Waals surface area contributed by atoms with E-state index in [1.807, 2.05) is 0 Å². The molecule has 0 N–H and O–H groups in total. The van der Waals surface area contributed by atoms with E-state index >= 15 is 0 Å². The minimum absolute atomic E-state index is 0.787. The molecule has 0 saturated carbocycles. The predicted octanol–water partition coefficient (Wildman–Crippen LogP) is 4.37. The highest BCUT2D eigenvalue weighted by atomic mass is 28.3. The van der Waals surface area contributed by atoms with Crippen LogP contribution in [0.1, 0.15) is 41.5 Å². The third kappa shape index (κ3) is 2.10. The average Bonchev–Trinajstić information content (AvgIpc) is 2.18. The number of hydrogen-bond acceptors (Lipinski definition) is 0. The Bertz CT molecular complexity index is 290. The van der Waals surface area contributed by atoms with Crippen LogP contribution in [0.15, 0.2) is 24.3 Å². The van der Waals surface area contributed by atoms with E-state index in [-0.39, 0.29) is 0 Å². The van der Waals surface area contributed by atoms with Gasteiger partial charge in [-0.25, -0.2) is 0 Å². The van der Waals surface area contributed by atoms with Crippen LogP contribution in [0.25, 0.3) is 0 Å². The Morgan fingerprint density at radius 2 is 1.19 bits per heavy atom. The van der Waals surface area contributed by atoms with Gasteiger partial charge in [0.15, 0.2) is 0 Å². The van der Waals surface area contributed by atoms with Crippen molar-refractivity contribution in [3.63, 3.8) is 0 Å². The molecule has 1 heteroatoms. The van der Waals surface area contributed by atoms with Gasteiger partial charge in [0.1, 0.15) is 0 Å². The molecule has 0 fully saturated rings. The first-order chi connectivity index (χ1) is 7.44. The summed E-state index contributed by atoms with van der Waals surface area (Å²) in [6, 6.07) is 11.9. The van der Waals surface area contributed by atoms with Crippen molar-refractivity contribution in [2.24, 2.45) is 0 Å². The van der Waals surface area contributed by atoms with E-state index in [9.17, 15) is 0 Å². The lowest BCUT2D eigenvalue weighted by Gasteiger charge is -2.43. The highest BCUT2D eigenvalue weighted by molar-refractivity contribution is 6.95. The average molecular weight is 233 g/mol. The standard InChI is InChI=1S/C15H25Si/c1-12(2)16(13(3)4,14(5)6)15-10-8-7-9-11-15/h8-14H,1-6H3. The molecule has 0 atom stereocenters. The van der Waals surface area contributed by atoms with E-state index in [0.29, 0.717) is 0 Å². The third-order valence-electron chi connectivity index (χ3n) is 4.08. The molecule has 16 heavy (non-hydrogen) atoms. The maximum atomic E-state index is 3.14. The maximum absolute atomic E-state index is 3.14. The van der Waals surface area contributed by atoms with E-state index in [4.69, 9.17) is 0 Å². The molecule has 0 heterocycles. The summed E-state index contributed by atoms with van der Waals surface area (Å²) < 4.78 is 0. The van der Waals surface area contributed by atoms with Gasteiger partial charge in [-0.3, -0.25) is 0 Å². The Hall–Kier alpha value is -0.563. The van der Waals surface area contributed by atoms with Crippen LogP contribution >= 0.6 is 0 Å². The minimum Gasteiger partial charge on any atom is -0.0648 e. The lowest BCUT2D eigenvalue weighted by atomic mass is 10.4. The Balaban J connectivity index is 3.34. The van der Waals surface area contributed by atoms with Gasteiger partial charge < -0.3 is 0 Å². The van der Waals surface area contributed by atoms with E-state index in [2.05, 4.69) is 71.9 Å². The zero-order chi connectivity index (χ0) is 12.3. The van der Waals surface area contributed by atoms with Crippen molar-refractivity contribution in [2.45, 2.75) is 58.2 Å². The fraction of sp³-hybridized carbons (Fsp3) is 0.600. The van der Waals surface area contributed by atoms with Crippen LogP contribution in [0.5, 0.6) is 0 Å². The van der Waals surface area contributed by atoms with Crippen molar-refractivity contribution in [2.75, 3.05) is 0 Å². The van der Waals surface area contributed by atoms with Gasteiger partial charge in [0.2, 0.25) is 0 Å². The number of benzene rings is 1. The molecule has 0 aliphatic rings. The van der Waals surface area contributed by atoms with E-state index < -0.39 is 8.07 Å². The fourth-order valence-corrected chi connectivity index (χ4v) is 10.4. The molecule has 0 aliphatic carbocycles. The molecule has 0 aromatic heterocycles. The summed E-state index contributed by atoms with van der Waals surface area (Å²) >= 11 is 0. The zero-order valence-electron chi connectivity index (χ0n) is 11.5. The van der Waals surface area contributed by atoms with Gasteiger partial charge in [-0.05, 0) is 22.7 Å². The summed E-state index contributed by atoms with van der Waals surface area (Å²) in [5, 5.41) is 1.60. The smallest absolute Gasteiger partial charge is 0.0648 e. The van der Waals surface area contributed by atoms with Crippen LogP contribution in [0.4, 0.5) is 0 Å². The van der Waals surface area contributed by atoms with Gasteiger partial charge >= 0.3 is 0 Å². The third-order valence-corrected chi connectivity index (χ3v) is 11.1. The van der Waals surface area contributed by atoms with E-state index in [1.165, 1.54) is 0 Å². The Labute approximate surface area is 102 Å². The van der Waals surface area contributed by atoms with Crippen LogP contribution in [-0.2, 0) is 0 Å². The Kier molecular flexibility index (Phi) is 4.37. The highest BCUT2D eigenvalue weighted by Crippen LogP contribution is 2.40. The van der Waals surface area contributed by atoms with Crippen LogP contribution in [0.2, 0.25) is 16.6 Å². The fourth-order valence-electron chi connectivity index (χ4n) is 3.68. The molecule has 0 spiro atoms. The molecule has 89 valence electrons. The second-order valence-corrected chi connectivity index (χ2v) is 11.6. The zero-order valence-corrected chi connectivity index (χ0v) is 12.5. The summed E-state index contributed by atoms with van der Waals surface area (Å²) in [5.74, 6) is 0. The van der Waals surface area contributed by atoms with Gasteiger partial charge in [0, 0.05) is 0 Å². The van der Waals surface area contributed by atoms with Gasteiger partial charge in [-0.2, -0.15) is 0 Å². The molecule has 1 aromatic carbocycles. The van der Waals surface area contributed by atoms with Crippen LogP contribution in [0.3, 0.4) is 0 Å². The van der Waals surface area contributed by atoms with Crippen molar-refractivity contribution in [1.29, 1.82) is 0 Å². The van der Waals surface area contributed by atoms with Crippen molar-refractivity contribution in [3.8, 4) is 0 Å². The quantitative estimate of drug-likeness (QED) is 0.677. The normalized spacial score (nSPS) is 12.8. The summed E-state index contributed by atoms with van der Waals surface area (Å²) in [6.07, 6.45) is 0. The first-order valence-corrected chi connectivity index (χ1v) is 8.63. The van der Waals surface area contributed by atoms with E-state index in [0.717, 1.165) is 16.6 Å². The number of hydrogen-bond donors (Lipinski definition) is 0. The maximum Gasteiger partial charge on any atom is 0.0942 e. The first kappa shape index (κ1) is 13.5. The Morgan fingerprint density at radius 3 is 1.50 bits per heavy atom. The monoisotopic (exact) mass is 233 g/mol. The highest BCUT2D eigenvalue weighted by Gasteiger charge is 2.43. The van der Waals surface area contributed by atoms with E-state index in [1.54, 1.807) is 5.19 Å². The second-order valence-electron chi connectivity index (χ2n) is 5.69. The predicted molar refractivity (Wildman–Crippen MR) is 76.0 cm³/mol. The molecule has 1 aromatic rings. The molecule has 1 rings (SSSR count). The summed E-state index contributed by atoms with van der Waals surface area (Å²) in [5.41, 5.74) is 2.36. The minimum atomic E-state index is -1.42. The molecule has 0 nitrogen and oxygen atoms in total. The van der Waals surface area contributed by atoms with Gasteiger partial charge in [-0.1, -0.05) is 71.0 Å². The van der Waals surface area contributed by atoms with Gasteiger partial charge in [0.05, 0.1) is 8.07 Å². The summed E-state index contributed by atoms with van der Waals surface area (Å²) in [6.45, 7) is 14.4. The number of rotatable bonds is 4. The lowest BCUT2D eigenvalue weighted by molar-refractivity contribution is 0.835. The SMILES string of the molecule is CC(C)[Si](c1cc[c]cc1)(C(C)C)C(C)C. The lowest BCUT2D eigenvalue weighted by Crippen LogP contribution is -2.55. The van der Waals surface area contributed by atoms with Gasteiger partial charge in [0.25, 0.3) is 0 Å². The Morgan fingerprint density at radius 1 is 0.812 bits per heavy atom. The molecule has 0 amide bonds. The van der Waals surface area contributed by atoms with Crippen LogP contribution in [0, 0.1) is 6.07 Å². The molecule has 0 unspecified atom stereocenters. The van der Waals surface area contributed by atoms with Crippen LogP contribution in [-0.4, -0.2) is 8.07 Å².